The average molecular weight is 293 g/mol. The Morgan fingerprint density at radius 2 is 1.90 bits per heavy atom. The number of aliphatic hydroxyl groups is 1. The van der Waals surface area contributed by atoms with Gasteiger partial charge in [-0.2, -0.15) is 13.2 Å². The minimum atomic E-state index is -4.45. The lowest BCUT2D eigenvalue weighted by Crippen LogP contribution is -2.24. The van der Waals surface area contributed by atoms with E-state index in [-0.39, 0.29) is 24.8 Å². The van der Waals surface area contributed by atoms with Crippen molar-refractivity contribution in [2.45, 2.75) is 19.2 Å². The number of alkyl halides is 3. The summed E-state index contributed by atoms with van der Waals surface area (Å²) in [5.41, 5.74) is -0.799. The second-order valence-electron chi connectivity index (χ2n) is 4.14. The number of pyridine rings is 1. The molecule has 1 rings (SSSR count). The van der Waals surface area contributed by atoms with E-state index in [0.717, 1.165) is 12.1 Å². The first-order valence-corrected chi connectivity index (χ1v) is 6.10. The fourth-order valence-corrected chi connectivity index (χ4v) is 1.53. The second-order valence-corrected chi connectivity index (χ2v) is 4.14. The number of halogens is 3. The Kier molecular flexibility index (Phi) is 6.03. The van der Waals surface area contributed by atoms with E-state index in [1.807, 2.05) is 0 Å². The average Bonchev–Trinajstić information content (AvgIpc) is 2.36. The van der Waals surface area contributed by atoms with Gasteiger partial charge in [0.1, 0.15) is 11.6 Å². The summed E-state index contributed by atoms with van der Waals surface area (Å²) >= 11 is 0. The maximum Gasteiger partial charge on any atom is 0.416 e. The van der Waals surface area contributed by atoms with E-state index in [9.17, 15) is 18.3 Å². The highest BCUT2D eigenvalue weighted by molar-refractivity contribution is 5.49. The summed E-state index contributed by atoms with van der Waals surface area (Å²) in [6, 6.07) is 1.85. The molecular weight excluding hydrogens is 275 g/mol. The van der Waals surface area contributed by atoms with Crippen molar-refractivity contribution in [3.05, 3.63) is 17.7 Å². The number of anilines is 2. The zero-order valence-electron chi connectivity index (χ0n) is 11.3. The van der Waals surface area contributed by atoms with Gasteiger partial charge in [0.2, 0.25) is 0 Å². The number of nitrogens with one attached hydrogen (secondary N) is 2. The molecular formula is C12H18F3N3O2. The molecule has 1 aromatic rings. The van der Waals surface area contributed by atoms with Gasteiger partial charge in [0.15, 0.2) is 0 Å². The highest BCUT2D eigenvalue weighted by Gasteiger charge is 2.31. The largest absolute Gasteiger partial charge is 0.416 e. The van der Waals surface area contributed by atoms with Crippen LogP contribution in [-0.4, -0.2) is 43.0 Å². The first kappa shape index (κ1) is 16.5. The van der Waals surface area contributed by atoms with Gasteiger partial charge in [-0.15, -0.1) is 0 Å². The third kappa shape index (κ3) is 5.22. The lowest BCUT2D eigenvalue weighted by Gasteiger charge is -2.15. The molecule has 1 aromatic heterocycles. The standard InChI is InChI=1S/C12H18F3N3O2/c1-3-16-10-4-8(12(13,14)15)5-11(18-10)17-6-9(19)7-20-2/h4-5,9,19H,3,6-7H2,1-2H3,(H2,16,17,18). The van der Waals surface area contributed by atoms with Crippen LogP contribution >= 0.6 is 0 Å². The number of aliphatic hydroxyl groups excluding tert-OH is 1. The lowest BCUT2D eigenvalue weighted by atomic mass is 10.2. The number of methoxy groups -OCH3 is 1. The van der Waals surface area contributed by atoms with Crippen LogP contribution in [0, 0.1) is 0 Å². The van der Waals surface area contributed by atoms with Crippen LogP contribution in [0.3, 0.4) is 0 Å². The summed E-state index contributed by atoms with van der Waals surface area (Å²) < 4.78 is 43.0. The second kappa shape index (κ2) is 7.30. The fourth-order valence-electron chi connectivity index (χ4n) is 1.53. The van der Waals surface area contributed by atoms with Gasteiger partial charge in [0.25, 0.3) is 0 Å². The zero-order valence-corrected chi connectivity index (χ0v) is 11.3. The first-order chi connectivity index (χ1) is 9.36. The van der Waals surface area contributed by atoms with E-state index in [4.69, 9.17) is 4.74 Å². The van der Waals surface area contributed by atoms with Crippen molar-refractivity contribution < 1.29 is 23.0 Å². The minimum absolute atomic E-state index is 0.0472. The molecule has 114 valence electrons. The number of aromatic nitrogens is 1. The van der Waals surface area contributed by atoms with Crippen molar-refractivity contribution in [3.63, 3.8) is 0 Å². The van der Waals surface area contributed by atoms with Gasteiger partial charge < -0.3 is 20.5 Å². The molecule has 0 bridgehead atoms. The van der Waals surface area contributed by atoms with Gasteiger partial charge in [0, 0.05) is 20.2 Å². The van der Waals surface area contributed by atoms with Crippen molar-refractivity contribution in [2.75, 3.05) is 37.4 Å². The van der Waals surface area contributed by atoms with Gasteiger partial charge in [-0.3, -0.25) is 0 Å². The van der Waals surface area contributed by atoms with Crippen molar-refractivity contribution in [1.29, 1.82) is 0 Å². The Morgan fingerprint density at radius 1 is 1.30 bits per heavy atom. The van der Waals surface area contributed by atoms with E-state index >= 15 is 0 Å². The smallest absolute Gasteiger partial charge is 0.389 e. The normalized spacial score (nSPS) is 13.1. The van der Waals surface area contributed by atoms with Crippen LogP contribution in [0.15, 0.2) is 12.1 Å². The van der Waals surface area contributed by atoms with Crippen LogP contribution in [0.25, 0.3) is 0 Å². The van der Waals surface area contributed by atoms with Crippen molar-refractivity contribution in [2.24, 2.45) is 0 Å². The highest BCUT2D eigenvalue weighted by atomic mass is 19.4. The van der Waals surface area contributed by atoms with E-state index in [1.54, 1.807) is 6.92 Å². The van der Waals surface area contributed by atoms with Crippen LogP contribution in [0.5, 0.6) is 0 Å². The third-order valence-electron chi connectivity index (χ3n) is 2.39. The quantitative estimate of drug-likeness (QED) is 0.717. The molecule has 0 saturated carbocycles. The summed E-state index contributed by atoms with van der Waals surface area (Å²) in [7, 11) is 1.43. The summed E-state index contributed by atoms with van der Waals surface area (Å²) in [4.78, 5) is 3.99. The van der Waals surface area contributed by atoms with Crippen LogP contribution in [0.2, 0.25) is 0 Å². The molecule has 0 aliphatic carbocycles. The molecule has 1 heterocycles. The maximum atomic E-state index is 12.8. The lowest BCUT2D eigenvalue weighted by molar-refractivity contribution is -0.137. The Labute approximate surface area is 115 Å². The molecule has 0 amide bonds. The number of nitrogens with zero attached hydrogens (tertiary/aromatic N) is 1. The molecule has 20 heavy (non-hydrogen) atoms. The molecule has 5 nitrogen and oxygen atoms in total. The Hall–Kier alpha value is -1.54. The molecule has 8 heteroatoms. The Balaban J connectivity index is 2.86. The van der Waals surface area contributed by atoms with Crippen LogP contribution in [0.4, 0.5) is 24.8 Å². The van der Waals surface area contributed by atoms with E-state index in [2.05, 4.69) is 15.6 Å². The Bertz CT molecular complexity index is 427. The summed E-state index contributed by atoms with van der Waals surface area (Å²) in [5.74, 6) is 0.178. The van der Waals surface area contributed by atoms with Crippen molar-refractivity contribution in [3.8, 4) is 0 Å². The zero-order chi connectivity index (χ0) is 15.2. The molecule has 1 unspecified atom stereocenters. The van der Waals surface area contributed by atoms with Crippen LogP contribution in [0.1, 0.15) is 12.5 Å². The SMILES string of the molecule is CCNc1cc(C(F)(F)F)cc(NCC(O)COC)n1. The molecule has 0 aliphatic heterocycles. The van der Waals surface area contributed by atoms with E-state index in [1.165, 1.54) is 7.11 Å². The maximum absolute atomic E-state index is 12.8. The molecule has 0 fully saturated rings. The molecule has 0 radical (unpaired) electrons. The van der Waals surface area contributed by atoms with E-state index in [0.29, 0.717) is 6.54 Å². The Morgan fingerprint density at radius 3 is 2.40 bits per heavy atom. The van der Waals surface area contributed by atoms with Gasteiger partial charge in [0.05, 0.1) is 18.3 Å². The first-order valence-electron chi connectivity index (χ1n) is 6.10. The number of ether oxygens (including phenoxy) is 1. The summed E-state index contributed by atoms with van der Waals surface area (Å²) in [5, 5.41) is 14.9. The number of hydrogen-bond acceptors (Lipinski definition) is 5. The molecule has 1 atom stereocenters. The topological polar surface area (TPSA) is 66.4 Å². The highest BCUT2D eigenvalue weighted by Crippen LogP contribution is 2.32. The molecule has 0 saturated heterocycles. The predicted molar refractivity (Wildman–Crippen MR) is 69.8 cm³/mol. The molecule has 0 spiro atoms. The number of hydrogen-bond donors (Lipinski definition) is 3. The van der Waals surface area contributed by atoms with Gasteiger partial charge in [-0.25, -0.2) is 4.98 Å². The van der Waals surface area contributed by atoms with Gasteiger partial charge in [-0.05, 0) is 19.1 Å². The van der Waals surface area contributed by atoms with Crippen LogP contribution in [-0.2, 0) is 10.9 Å². The summed E-state index contributed by atoms with van der Waals surface area (Å²) in [6.07, 6.45) is -5.27. The van der Waals surface area contributed by atoms with E-state index < -0.39 is 17.8 Å². The monoisotopic (exact) mass is 293 g/mol. The molecule has 0 aromatic carbocycles. The predicted octanol–water partition coefficient (Wildman–Crippen LogP) is 1.95. The molecule has 3 N–H and O–H groups in total. The van der Waals surface area contributed by atoms with Gasteiger partial charge >= 0.3 is 6.18 Å². The third-order valence-corrected chi connectivity index (χ3v) is 2.39. The van der Waals surface area contributed by atoms with Crippen molar-refractivity contribution >= 4 is 11.6 Å². The van der Waals surface area contributed by atoms with Crippen molar-refractivity contribution in [1.82, 2.24) is 4.98 Å². The fraction of sp³-hybridized carbons (Fsp3) is 0.583. The number of rotatable bonds is 7. The molecule has 0 aliphatic rings. The summed E-state index contributed by atoms with van der Waals surface area (Å²) in [6.45, 7) is 2.36. The van der Waals surface area contributed by atoms with Gasteiger partial charge in [-0.1, -0.05) is 0 Å². The minimum Gasteiger partial charge on any atom is -0.389 e. The van der Waals surface area contributed by atoms with Crippen LogP contribution < -0.4 is 10.6 Å².